The van der Waals surface area contributed by atoms with Crippen LogP contribution in [0.1, 0.15) is 17.5 Å². The fraction of sp³-hybridized carbons (Fsp3) is 0.375. The van der Waals surface area contributed by atoms with Crippen molar-refractivity contribution >= 4 is 5.91 Å². The second kappa shape index (κ2) is 6.72. The molecule has 3 rings (SSSR count). The molecule has 1 aromatic heterocycles. The lowest BCUT2D eigenvalue weighted by Crippen LogP contribution is -2.39. The molecule has 1 aromatic carbocycles. The van der Waals surface area contributed by atoms with Crippen LogP contribution in [0.15, 0.2) is 42.7 Å². The second-order valence-corrected chi connectivity index (χ2v) is 5.60. The van der Waals surface area contributed by atoms with Crippen molar-refractivity contribution in [3.8, 4) is 0 Å². The van der Waals surface area contributed by atoms with Crippen molar-refractivity contribution in [1.29, 1.82) is 0 Å². The minimum absolute atomic E-state index is 0.0765. The highest BCUT2D eigenvalue weighted by molar-refractivity contribution is 5.82. The zero-order valence-electron chi connectivity index (χ0n) is 12.3. The molecule has 1 amide bonds. The van der Waals surface area contributed by atoms with Gasteiger partial charge in [0.2, 0.25) is 5.91 Å². The van der Waals surface area contributed by atoms with E-state index in [4.69, 9.17) is 0 Å². The summed E-state index contributed by atoms with van der Waals surface area (Å²) in [6.07, 6.45) is 3.74. The lowest BCUT2D eigenvalue weighted by molar-refractivity contribution is -0.123. The van der Waals surface area contributed by atoms with E-state index in [-0.39, 0.29) is 11.9 Å². The Bertz CT molecular complexity index is 626. The van der Waals surface area contributed by atoms with Crippen molar-refractivity contribution in [2.24, 2.45) is 0 Å². The molecular weight excluding hydrogens is 280 g/mol. The SMILES string of the molecule is O=C(NCc1cnn(Cc2ccccc2)c1)C1CC(O)CN1. The van der Waals surface area contributed by atoms with Gasteiger partial charge in [-0.2, -0.15) is 5.10 Å². The highest BCUT2D eigenvalue weighted by atomic mass is 16.3. The molecule has 0 bridgehead atoms. The average Bonchev–Trinajstić information content (AvgIpc) is 3.15. The van der Waals surface area contributed by atoms with Gasteiger partial charge < -0.3 is 15.7 Å². The van der Waals surface area contributed by atoms with Gasteiger partial charge in [0.05, 0.1) is 24.9 Å². The van der Waals surface area contributed by atoms with Gasteiger partial charge in [0.1, 0.15) is 0 Å². The maximum Gasteiger partial charge on any atom is 0.237 e. The van der Waals surface area contributed by atoms with Crippen LogP contribution in [0.3, 0.4) is 0 Å². The van der Waals surface area contributed by atoms with Gasteiger partial charge in [-0.05, 0) is 12.0 Å². The lowest BCUT2D eigenvalue weighted by atomic mass is 10.2. The van der Waals surface area contributed by atoms with Crippen molar-refractivity contribution < 1.29 is 9.90 Å². The zero-order chi connectivity index (χ0) is 15.4. The number of β-amino-alcohol motifs (C(OH)–C–C–N with tert-alkyl or cyclic N) is 1. The van der Waals surface area contributed by atoms with Crippen LogP contribution >= 0.6 is 0 Å². The highest BCUT2D eigenvalue weighted by Crippen LogP contribution is 2.07. The number of carbonyl (C=O) groups excluding carboxylic acids is 1. The summed E-state index contributed by atoms with van der Waals surface area (Å²) in [7, 11) is 0. The number of nitrogens with zero attached hydrogens (tertiary/aromatic N) is 2. The van der Waals surface area contributed by atoms with Crippen LogP contribution in [0.4, 0.5) is 0 Å². The fourth-order valence-electron chi connectivity index (χ4n) is 2.58. The van der Waals surface area contributed by atoms with Crippen molar-refractivity contribution in [1.82, 2.24) is 20.4 Å². The predicted molar refractivity (Wildman–Crippen MR) is 82.0 cm³/mol. The Kier molecular flexibility index (Phi) is 4.50. The summed E-state index contributed by atoms with van der Waals surface area (Å²) in [5, 5.41) is 19.6. The van der Waals surface area contributed by atoms with Crippen molar-refractivity contribution in [3.63, 3.8) is 0 Å². The first-order chi connectivity index (χ1) is 10.7. The smallest absolute Gasteiger partial charge is 0.237 e. The van der Waals surface area contributed by atoms with Gasteiger partial charge in [0.25, 0.3) is 0 Å². The predicted octanol–water partition coefficient (Wildman–Crippen LogP) is 0.270. The van der Waals surface area contributed by atoms with Crippen molar-refractivity contribution in [2.45, 2.75) is 31.7 Å². The molecule has 0 spiro atoms. The summed E-state index contributed by atoms with van der Waals surface area (Å²) in [5.74, 6) is -0.0765. The molecule has 22 heavy (non-hydrogen) atoms. The molecular formula is C16H20N4O2. The average molecular weight is 300 g/mol. The van der Waals surface area contributed by atoms with E-state index in [1.165, 1.54) is 5.56 Å². The topological polar surface area (TPSA) is 79.2 Å². The van der Waals surface area contributed by atoms with E-state index in [2.05, 4.69) is 27.9 Å². The summed E-state index contributed by atoms with van der Waals surface area (Å²) >= 11 is 0. The molecule has 116 valence electrons. The Hall–Kier alpha value is -2.18. The fourth-order valence-corrected chi connectivity index (χ4v) is 2.58. The van der Waals surface area contributed by atoms with E-state index in [1.54, 1.807) is 6.20 Å². The molecule has 2 heterocycles. The van der Waals surface area contributed by atoms with E-state index in [0.717, 1.165) is 5.56 Å². The normalized spacial score (nSPS) is 21.0. The van der Waals surface area contributed by atoms with Gasteiger partial charge in [-0.3, -0.25) is 9.48 Å². The summed E-state index contributed by atoms with van der Waals surface area (Å²) in [6.45, 7) is 1.64. The van der Waals surface area contributed by atoms with Gasteiger partial charge in [-0.25, -0.2) is 0 Å². The van der Waals surface area contributed by atoms with Crippen LogP contribution in [0.5, 0.6) is 0 Å². The van der Waals surface area contributed by atoms with Crippen LogP contribution in [0.25, 0.3) is 0 Å². The third-order valence-corrected chi connectivity index (χ3v) is 3.77. The molecule has 0 radical (unpaired) electrons. The molecule has 1 aliphatic rings. The first-order valence-electron chi connectivity index (χ1n) is 7.45. The first kappa shape index (κ1) is 14.7. The zero-order valence-corrected chi connectivity index (χ0v) is 12.3. The van der Waals surface area contributed by atoms with Crippen LogP contribution in [0.2, 0.25) is 0 Å². The maximum atomic E-state index is 12.0. The number of aromatic nitrogens is 2. The third-order valence-electron chi connectivity index (χ3n) is 3.77. The number of benzene rings is 1. The number of amides is 1. The monoisotopic (exact) mass is 300 g/mol. The van der Waals surface area contributed by atoms with Crippen LogP contribution < -0.4 is 10.6 Å². The molecule has 2 aromatic rings. The lowest BCUT2D eigenvalue weighted by Gasteiger charge is -2.09. The third kappa shape index (κ3) is 3.72. The molecule has 2 atom stereocenters. The van der Waals surface area contributed by atoms with Crippen LogP contribution in [-0.2, 0) is 17.9 Å². The molecule has 1 fully saturated rings. The van der Waals surface area contributed by atoms with Crippen LogP contribution in [0, 0.1) is 0 Å². The van der Waals surface area contributed by atoms with Crippen molar-refractivity contribution in [3.05, 3.63) is 53.9 Å². The van der Waals surface area contributed by atoms with E-state index in [0.29, 0.717) is 26.1 Å². The van der Waals surface area contributed by atoms with E-state index >= 15 is 0 Å². The Morgan fingerprint density at radius 1 is 1.36 bits per heavy atom. The summed E-state index contributed by atoms with van der Waals surface area (Å²) < 4.78 is 1.86. The Morgan fingerprint density at radius 2 is 2.18 bits per heavy atom. The molecule has 0 saturated carbocycles. The molecule has 6 heteroatoms. The highest BCUT2D eigenvalue weighted by Gasteiger charge is 2.27. The molecule has 1 aliphatic heterocycles. The maximum absolute atomic E-state index is 12.0. The first-order valence-corrected chi connectivity index (χ1v) is 7.45. The Morgan fingerprint density at radius 3 is 2.91 bits per heavy atom. The number of hydrogen-bond donors (Lipinski definition) is 3. The molecule has 1 saturated heterocycles. The molecule has 6 nitrogen and oxygen atoms in total. The Balaban J connectivity index is 1.50. The number of aliphatic hydroxyl groups excluding tert-OH is 1. The van der Waals surface area contributed by atoms with Crippen molar-refractivity contribution in [2.75, 3.05) is 6.54 Å². The van der Waals surface area contributed by atoms with E-state index in [9.17, 15) is 9.90 Å². The number of hydrogen-bond acceptors (Lipinski definition) is 4. The molecule has 0 aliphatic carbocycles. The number of nitrogens with one attached hydrogen (secondary N) is 2. The molecule has 2 unspecified atom stereocenters. The number of carbonyl (C=O) groups is 1. The van der Waals surface area contributed by atoms with Gasteiger partial charge in [0.15, 0.2) is 0 Å². The summed E-state index contributed by atoms with van der Waals surface area (Å²) in [4.78, 5) is 12.0. The number of rotatable bonds is 5. The quantitative estimate of drug-likeness (QED) is 0.740. The minimum Gasteiger partial charge on any atom is -0.392 e. The summed E-state index contributed by atoms with van der Waals surface area (Å²) in [5.41, 5.74) is 2.15. The van der Waals surface area contributed by atoms with Gasteiger partial charge in [-0.1, -0.05) is 30.3 Å². The van der Waals surface area contributed by atoms with Crippen LogP contribution in [-0.4, -0.2) is 39.5 Å². The van der Waals surface area contributed by atoms with Gasteiger partial charge >= 0.3 is 0 Å². The number of aliphatic hydroxyl groups is 1. The second-order valence-electron chi connectivity index (χ2n) is 5.60. The molecule has 3 N–H and O–H groups in total. The minimum atomic E-state index is -0.427. The Labute approximate surface area is 129 Å². The standard InChI is InChI=1S/C16H20N4O2/c21-14-6-15(17-9-14)16(22)18-7-13-8-19-20(11-13)10-12-4-2-1-3-5-12/h1-5,8,11,14-15,17,21H,6-7,9-10H2,(H,18,22). The van der Waals surface area contributed by atoms with Gasteiger partial charge in [-0.15, -0.1) is 0 Å². The van der Waals surface area contributed by atoms with Gasteiger partial charge in [0, 0.05) is 24.8 Å². The van der Waals surface area contributed by atoms with E-state index < -0.39 is 6.10 Å². The summed E-state index contributed by atoms with van der Waals surface area (Å²) in [6, 6.07) is 9.81. The van der Waals surface area contributed by atoms with E-state index in [1.807, 2.05) is 29.1 Å². The largest absolute Gasteiger partial charge is 0.392 e.